The maximum atomic E-state index is 2.65. The Morgan fingerprint density at radius 1 is 0.500 bits per heavy atom. The molecule has 2 heteroatoms. The summed E-state index contributed by atoms with van der Waals surface area (Å²) in [5.74, 6) is 0. The van der Waals surface area contributed by atoms with Crippen molar-refractivity contribution in [3.05, 3.63) is 12.4 Å². The van der Waals surface area contributed by atoms with Gasteiger partial charge in [0.05, 0.1) is 0 Å². The Hall–Kier alpha value is -0.660. The molecule has 26 heavy (non-hydrogen) atoms. The first-order chi connectivity index (χ1) is 12.8. The molecule has 0 saturated heterocycles. The molecular weight excluding hydrogens is 316 g/mol. The lowest BCUT2D eigenvalue weighted by atomic mass is 10.1. The van der Waals surface area contributed by atoms with Crippen LogP contribution in [0.5, 0.6) is 0 Å². The minimum absolute atomic E-state index is 0.647. The summed E-state index contributed by atoms with van der Waals surface area (Å²) in [6.45, 7) is 9.41. The fourth-order valence-electron chi connectivity index (χ4n) is 4.07. The van der Waals surface area contributed by atoms with Gasteiger partial charge in [-0.1, -0.05) is 97.8 Å². The van der Waals surface area contributed by atoms with E-state index in [1.54, 1.807) is 0 Å². The second-order valence-corrected chi connectivity index (χ2v) is 8.29. The third-order valence-electron chi connectivity index (χ3n) is 5.82. The van der Waals surface area contributed by atoms with Crippen molar-refractivity contribution >= 4 is 0 Å². The quantitative estimate of drug-likeness (QED) is 0.230. The van der Waals surface area contributed by atoms with Crippen molar-refractivity contribution in [3.8, 4) is 0 Å². The van der Waals surface area contributed by atoms with Gasteiger partial charge in [-0.3, -0.25) is 0 Å². The molecule has 154 valence electrons. The Labute approximate surface area is 165 Å². The summed E-state index contributed by atoms with van der Waals surface area (Å²) in [6, 6.07) is 0. The maximum absolute atomic E-state index is 2.65. The van der Waals surface area contributed by atoms with Crippen LogP contribution in [0.2, 0.25) is 0 Å². The Bertz CT molecular complexity index is 326. The Morgan fingerprint density at radius 2 is 0.885 bits per heavy atom. The maximum Gasteiger partial charge on any atom is 0.101 e. The average Bonchev–Trinajstić information content (AvgIpc) is 3.03. The van der Waals surface area contributed by atoms with Gasteiger partial charge in [0.25, 0.3) is 0 Å². The molecule has 0 aromatic rings. The molecule has 0 fully saturated rings. The Kier molecular flexibility index (Phi) is 14.8. The standard InChI is InChI=1S/C24H48N2/c1-4-7-10-12-13-15-18-21-26-23-22-25(20-17-9-6-3)24(26)19-16-14-11-8-5-2/h22-24H,4-21H2,1-3H3. The minimum atomic E-state index is 0.647. The Morgan fingerprint density at radius 3 is 1.42 bits per heavy atom. The zero-order chi connectivity index (χ0) is 18.9. The predicted molar refractivity (Wildman–Crippen MR) is 117 cm³/mol. The van der Waals surface area contributed by atoms with Crippen LogP contribution in [0.3, 0.4) is 0 Å². The van der Waals surface area contributed by atoms with Gasteiger partial charge in [0.2, 0.25) is 0 Å². The molecule has 1 atom stereocenters. The number of hydrogen-bond donors (Lipinski definition) is 0. The van der Waals surface area contributed by atoms with Crippen molar-refractivity contribution in [3.63, 3.8) is 0 Å². The molecule has 2 nitrogen and oxygen atoms in total. The molecule has 1 unspecified atom stereocenters. The average molecular weight is 365 g/mol. The van der Waals surface area contributed by atoms with Crippen LogP contribution in [0.25, 0.3) is 0 Å². The molecule has 0 saturated carbocycles. The van der Waals surface area contributed by atoms with Crippen molar-refractivity contribution in [2.45, 2.75) is 130 Å². The third kappa shape index (κ3) is 10.5. The summed E-state index contributed by atoms with van der Waals surface area (Å²) >= 11 is 0. The van der Waals surface area contributed by atoms with Crippen molar-refractivity contribution in [1.82, 2.24) is 9.80 Å². The number of rotatable bonds is 18. The van der Waals surface area contributed by atoms with Crippen molar-refractivity contribution < 1.29 is 0 Å². The van der Waals surface area contributed by atoms with E-state index in [0.717, 1.165) is 0 Å². The predicted octanol–water partition coefficient (Wildman–Crippen LogP) is 7.70. The van der Waals surface area contributed by atoms with Crippen LogP contribution in [0.1, 0.15) is 124 Å². The second-order valence-electron chi connectivity index (χ2n) is 8.29. The van der Waals surface area contributed by atoms with Gasteiger partial charge < -0.3 is 9.80 Å². The minimum Gasteiger partial charge on any atom is -0.356 e. The summed E-state index contributed by atoms with van der Waals surface area (Å²) in [6.07, 6.45) is 27.6. The molecule has 0 bridgehead atoms. The topological polar surface area (TPSA) is 6.48 Å². The van der Waals surface area contributed by atoms with Crippen LogP contribution in [0, 0.1) is 0 Å². The van der Waals surface area contributed by atoms with E-state index in [1.165, 1.54) is 116 Å². The van der Waals surface area contributed by atoms with Crippen LogP contribution in [0.15, 0.2) is 12.4 Å². The van der Waals surface area contributed by atoms with Gasteiger partial charge in [0, 0.05) is 25.5 Å². The van der Waals surface area contributed by atoms with Crippen molar-refractivity contribution in [1.29, 1.82) is 0 Å². The molecular formula is C24H48N2. The lowest BCUT2D eigenvalue weighted by Crippen LogP contribution is -2.39. The van der Waals surface area contributed by atoms with Crippen molar-refractivity contribution in [2.24, 2.45) is 0 Å². The fourth-order valence-corrected chi connectivity index (χ4v) is 4.07. The van der Waals surface area contributed by atoms with E-state index in [0.29, 0.717) is 6.17 Å². The number of unbranched alkanes of at least 4 members (excludes halogenated alkanes) is 12. The highest BCUT2D eigenvalue weighted by atomic mass is 15.4. The van der Waals surface area contributed by atoms with Gasteiger partial charge in [-0.05, 0) is 25.7 Å². The highest BCUT2D eigenvalue weighted by molar-refractivity contribution is 4.96. The van der Waals surface area contributed by atoms with Gasteiger partial charge in [-0.2, -0.15) is 0 Å². The molecule has 0 amide bonds. The normalized spacial score (nSPS) is 16.8. The molecule has 0 aromatic carbocycles. The first kappa shape index (κ1) is 23.4. The van der Waals surface area contributed by atoms with Gasteiger partial charge >= 0.3 is 0 Å². The number of hydrogen-bond acceptors (Lipinski definition) is 2. The SMILES string of the molecule is CCCCCCCCCN1C=CN(CCCCC)C1CCCCCCC. The summed E-state index contributed by atoms with van der Waals surface area (Å²) in [4.78, 5) is 5.29. The second kappa shape index (κ2) is 16.5. The first-order valence-electron chi connectivity index (χ1n) is 12.0. The zero-order valence-electron chi connectivity index (χ0n) is 18.4. The van der Waals surface area contributed by atoms with Crippen LogP contribution in [-0.2, 0) is 0 Å². The van der Waals surface area contributed by atoms with Gasteiger partial charge in [0.15, 0.2) is 0 Å². The Balaban J connectivity index is 2.29. The highest BCUT2D eigenvalue weighted by Gasteiger charge is 2.24. The summed E-state index contributed by atoms with van der Waals surface area (Å²) in [5, 5.41) is 0. The third-order valence-corrected chi connectivity index (χ3v) is 5.82. The lowest BCUT2D eigenvalue weighted by molar-refractivity contribution is 0.135. The summed E-state index contributed by atoms with van der Waals surface area (Å²) in [7, 11) is 0. The lowest BCUT2D eigenvalue weighted by Gasteiger charge is -2.33. The van der Waals surface area contributed by atoms with E-state index < -0.39 is 0 Å². The molecule has 0 aromatic heterocycles. The van der Waals surface area contributed by atoms with Crippen LogP contribution in [-0.4, -0.2) is 29.1 Å². The van der Waals surface area contributed by atoms with E-state index in [-0.39, 0.29) is 0 Å². The number of nitrogens with zero attached hydrogens (tertiary/aromatic N) is 2. The van der Waals surface area contributed by atoms with E-state index in [4.69, 9.17) is 0 Å². The monoisotopic (exact) mass is 364 g/mol. The van der Waals surface area contributed by atoms with E-state index in [9.17, 15) is 0 Å². The summed E-state index contributed by atoms with van der Waals surface area (Å²) < 4.78 is 0. The van der Waals surface area contributed by atoms with Crippen LogP contribution >= 0.6 is 0 Å². The fraction of sp³-hybridized carbons (Fsp3) is 0.917. The smallest absolute Gasteiger partial charge is 0.101 e. The van der Waals surface area contributed by atoms with Crippen LogP contribution in [0.4, 0.5) is 0 Å². The van der Waals surface area contributed by atoms with Crippen molar-refractivity contribution in [2.75, 3.05) is 13.1 Å². The molecule has 0 aliphatic carbocycles. The zero-order valence-corrected chi connectivity index (χ0v) is 18.4. The van der Waals surface area contributed by atoms with E-state index in [2.05, 4.69) is 43.0 Å². The van der Waals surface area contributed by atoms with Gasteiger partial charge in [-0.15, -0.1) is 0 Å². The summed E-state index contributed by atoms with van der Waals surface area (Å²) in [5.41, 5.74) is 0. The molecule has 1 aliphatic heterocycles. The highest BCUT2D eigenvalue weighted by Crippen LogP contribution is 2.23. The van der Waals surface area contributed by atoms with Crippen LogP contribution < -0.4 is 0 Å². The van der Waals surface area contributed by atoms with E-state index in [1.807, 2.05) is 0 Å². The largest absolute Gasteiger partial charge is 0.356 e. The molecule has 1 rings (SSSR count). The van der Waals surface area contributed by atoms with Gasteiger partial charge in [0.1, 0.15) is 6.17 Å². The van der Waals surface area contributed by atoms with Gasteiger partial charge in [-0.25, -0.2) is 0 Å². The first-order valence-corrected chi connectivity index (χ1v) is 12.0. The molecule has 0 spiro atoms. The molecule has 0 radical (unpaired) electrons. The molecule has 0 N–H and O–H groups in total. The molecule has 1 heterocycles. The van der Waals surface area contributed by atoms with E-state index >= 15 is 0 Å². The molecule has 1 aliphatic rings.